The van der Waals surface area contributed by atoms with Crippen LogP contribution in [0.5, 0.6) is 11.5 Å². The van der Waals surface area contributed by atoms with E-state index in [-0.39, 0.29) is 18.5 Å². The molecule has 144 valence electrons. The van der Waals surface area contributed by atoms with Gasteiger partial charge in [0.1, 0.15) is 11.5 Å². The van der Waals surface area contributed by atoms with Gasteiger partial charge >= 0.3 is 0 Å². The van der Waals surface area contributed by atoms with Crippen molar-refractivity contribution in [2.45, 2.75) is 6.92 Å². The van der Waals surface area contributed by atoms with Gasteiger partial charge in [0.25, 0.3) is 5.91 Å². The minimum absolute atomic E-state index is 0.0814. The van der Waals surface area contributed by atoms with Crippen LogP contribution in [0.1, 0.15) is 6.92 Å². The number of primary amides is 1. The molecule has 3 aromatic rings. The lowest BCUT2D eigenvalue weighted by Gasteiger charge is -2.14. The number of aromatic nitrogens is 2. The number of nitrogens with two attached hydrogens (primary N) is 2. The van der Waals surface area contributed by atoms with Crippen molar-refractivity contribution in [2.24, 2.45) is 5.73 Å². The van der Waals surface area contributed by atoms with Crippen LogP contribution in [-0.2, 0) is 9.59 Å². The Morgan fingerprint density at radius 3 is 2.54 bits per heavy atom. The SMILES string of the molecule is COc1ccc(-c2nc(N)nc3ccc(OCC(N)=O)cc23)c(NC(C)=O)c1. The topological polar surface area (TPSA) is 142 Å². The van der Waals surface area contributed by atoms with Crippen molar-refractivity contribution in [3.63, 3.8) is 0 Å². The molecule has 0 bridgehead atoms. The van der Waals surface area contributed by atoms with E-state index in [2.05, 4.69) is 15.3 Å². The molecule has 5 N–H and O–H groups in total. The minimum Gasteiger partial charge on any atom is -0.497 e. The summed E-state index contributed by atoms with van der Waals surface area (Å²) in [5.41, 5.74) is 13.2. The Morgan fingerprint density at radius 2 is 1.86 bits per heavy atom. The van der Waals surface area contributed by atoms with Crippen LogP contribution in [0.4, 0.5) is 11.6 Å². The van der Waals surface area contributed by atoms with Crippen LogP contribution in [0.3, 0.4) is 0 Å². The maximum atomic E-state index is 11.7. The molecule has 0 unspecified atom stereocenters. The quantitative estimate of drug-likeness (QED) is 0.590. The normalized spacial score (nSPS) is 10.5. The number of amides is 2. The predicted molar refractivity (Wildman–Crippen MR) is 105 cm³/mol. The summed E-state index contributed by atoms with van der Waals surface area (Å²) in [6, 6.07) is 10.3. The molecule has 0 fully saturated rings. The molecule has 0 radical (unpaired) electrons. The highest BCUT2D eigenvalue weighted by Gasteiger charge is 2.15. The Labute approximate surface area is 160 Å². The van der Waals surface area contributed by atoms with Gasteiger partial charge in [-0.05, 0) is 30.3 Å². The number of carbonyl (C=O) groups excluding carboxylic acids is 2. The lowest BCUT2D eigenvalue weighted by Crippen LogP contribution is -2.20. The zero-order valence-electron chi connectivity index (χ0n) is 15.4. The van der Waals surface area contributed by atoms with E-state index < -0.39 is 5.91 Å². The monoisotopic (exact) mass is 381 g/mol. The van der Waals surface area contributed by atoms with E-state index in [1.54, 1.807) is 36.4 Å². The molecule has 0 aliphatic rings. The lowest BCUT2D eigenvalue weighted by molar-refractivity contribution is -0.120. The van der Waals surface area contributed by atoms with Crippen LogP contribution in [0, 0.1) is 0 Å². The Morgan fingerprint density at radius 1 is 1.11 bits per heavy atom. The summed E-state index contributed by atoms with van der Waals surface area (Å²) in [6.45, 7) is 1.15. The third-order valence-corrected chi connectivity index (χ3v) is 3.86. The fraction of sp³-hybridized carbons (Fsp3) is 0.158. The number of hydrogen-bond donors (Lipinski definition) is 3. The van der Waals surface area contributed by atoms with Crippen molar-refractivity contribution in [2.75, 3.05) is 24.8 Å². The first kappa shape index (κ1) is 18.9. The van der Waals surface area contributed by atoms with E-state index in [0.717, 1.165) is 0 Å². The van der Waals surface area contributed by atoms with Crippen LogP contribution in [-0.4, -0.2) is 35.5 Å². The highest BCUT2D eigenvalue weighted by atomic mass is 16.5. The van der Waals surface area contributed by atoms with Gasteiger partial charge in [0.15, 0.2) is 6.61 Å². The maximum absolute atomic E-state index is 11.7. The molecule has 0 aliphatic carbocycles. The second kappa shape index (κ2) is 7.78. The van der Waals surface area contributed by atoms with Gasteiger partial charge in [-0.2, -0.15) is 0 Å². The van der Waals surface area contributed by atoms with Crippen molar-refractivity contribution in [3.05, 3.63) is 36.4 Å². The molecule has 0 spiro atoms. The van der Waals surface area contributed by atoms with E-state index in [1.807, 2.05) is 0 Å². The first-order valence-electron chi connectivity index (χ1n) is 8.31. The molecule has 1 heterocycles. The van der Waals surface area contributed by atoms with E-state index >= 15 is 0 Å². The highest BCUT2D eigenvalue weighted by molar-refractivity contribution is 6.01. The van der Waals surface area contributed by atoms with Gasteiger partial charge < -0.3 is 26.3 Å². The van der Waals surface area contributed by atoms with Crippen LogP contribution >= 0.6 is 0 Å². The van der Waals surface area contributed by atoms with Crippen LogP contribution in [0.15, 0.2) is 36.4 Å². The largest absolute Gasteiger partial charge is 0.497 e. The molecule has 2 amide bonds. The fourth-order valence-corrected chi connectivity index (χ4v) is 2.72. The summed E-state index contributed by atoms with van der Waals surface area (Å²) >= 11 is 0. The standard InChI is InChI=1S/C19H19N5O4/c1-10(25)22-16-8-11(27-2)3-5-13(16)18-14-7-12(28-9-17(20)26)4-6-15(14)23-19(21)24-18/h3-8H,9H2,1-2H3,(H2,20,26)(H,22,25)(H2,21,23,24). The van der Waals surface area contributed by atoms with E-state index in [9.17, 15) is 9.59 Å². The number of nitrogens with one attached hydrogen (secondary N) is 1. The summed E-state index contributed by atoms with van der Waals surface area (Å²) < 4.78 is 10.6. The van der Waals surface area contributed by atoms with Gasteiger partial charge in [0.2, 0.25) is 11.9 Å². The van der Waals surface area contributed by atoms with Crippen LogP contribution < -0.4 is 26.3 Å². The summed E-state index contributed by atoms with van der Waals surface area (Å²) in [7, 11) is 1.53. The Bertz CT molecular complexity index is 1070. The van der Waals surface area contributed by atoms with Gasteiger partial charge in [0.05, 0.1) is 24.0 Å². The van der Waals surface area contributed by atoms with Crippen molar-refractivity contribution in [1.29, 1.82) is 0 Å². The Hall–Kier alpha value is -3.88. The first-order valence-corrected chi connectivity index (χ1v) is 8.31. The molecule has 28 heavy (non-hydrogen) atoms. The maximum Gasteiger partial charge on any atom is 0.255 e. The number of hydrogen-bond acceptors (Lipinski definition) is 7. The molecule has 9 nitrogen and oxygen atoms in total. The van der Waals surface area contributed by atoms with Gasteiger partial charge in [0, 0.05) is 23.9 Å². The third kappa shape index (κ3) is 4.09. The van der Waals surface area contributed by atoms with Crippen molar-refractivity contribution in [3.8, 4) is 22.8 Å². The minimum atomic E-state index is -0.586. The number of anilines is 2. The van der Waals surface area contributed by atoms with Gasteiger partial charge in [-0.3, -0.25) is 9.59 Å². The summed E-state index contributed by atoms with van der Waals surface area (Å²) in [6.07, 6.45) is 0. The number of carbonyl (C=O) groups is 2. The summed E-state index contributed by atoms with van der Waals surface area (Å²) in [5.74, 6) is 0.251. The second-order valence-corrected chi connectivity index (χ2v) is 5.96. The number of nitrogens with zero attached hydrogens (tertiary/aromatic N) is 2. The lowest BCUT2D eigenvalue weighted by atomic mass is 10.0. The van der Waals surface area contributed by atoms with E-state index in [0.29, 0.717) is 39.3 Å². The Kier molecular flexibility index (Phi) is 5.25. The molecule has 9 heteroatoms. The van der Waals surface area contributed by atoms with Gasteiger partial charge in [-0.25, -0.2) is 9.97 Å². The number of ether oxygens (including phenoxy) is 2. The Balaban J connectivity index is 2.19. The average molecular weight is 381 g/mol. The fourth-order valence-electron chi connectivity index (χ4n) is 2.72. The number of fused-ring (bicyclic) bond motifs is 1. The van der Waals surface area contributed by atoms with Crippen LogP contribution in [0.2, 0.25) is 0 Å². The van der Waals surface area contributed by atoms with Crippen molar-refractivity contribution >= 4 is 34.4 Å². The van der Waals surface area contributed by atoms with Gasteiger partial charge in [-0.1, -0.05) is 0 Å². The van der Waals surface area contributed by atoms with Crippen molar-refractivity contribution < 1.29 is 19.1 Å². The summed E-state index contributed by atoms with van der Waals surface area (Å²) in [4.78, 5) is 31.2. The predicted octanol–water partition coefficient (Wildman–Crippen LogP) is 1.71. The van der Waals surface area contributed by atoms with E-state index in [4.69, 9.17) is 20.9 Å². The molecule has 0 aliphatic heterocycles. The molecular weight excluding hydrogens is 362 g/mol. The smallest absolute Gasteiger partial charge is 0.255 e. The zero-order chi connectivity index (χ0) is 20.3. The number of rotatable bonds is 6. The highest BCUT2D eigenvalue weighted by Crippen LogP contribution is 2.36. The molecule has 1 aromatic heterocycles. The van der Waals surface area contributed by atoms with Gasteiger partial charge in [-0.15, -0.1) is 0 Å². The van der Waals surface area contributed by atoms with Crippen LogP contribution in [0.25, 0.3) is 22.2 Å². The summed E-state index contributed by atoms with van der Waals surface area (Å²) in [5, 5.41) is 3.41. The molecule has 0 saturated carbocycles. The number of benzene rings is 2. The average Bonchev–Trinajstić information content (AvgIpc) is 2.65. The first-order chi connectivity index (χ1) is 13.4. The molecule has 2 aromatic carbocycles. The zero-order valence-corrected chi connectivity index (χ0v) is 15.4. The molecular formula is C19H19N5O4. The molecule has 3 rings (SSSR count). The second-order valence-electron chi connectivity index (χ2n) is 5.96. The third-order valence-electron chi connectivity index (χ3n) is 3.86. The number of nitrogen functional groups attached to an aromatic ring is 1. The van der Waals surface area contributed by atoms with Crippen molar-refractivity contribution in [1.82, 2.24) is 9.97 Å². The number of methoxy groups -OCH3 is 1. The molecule has 0 atom stereocenters. The molecule has 0 saturated heterocycles. The van der Waals surface area contributed by atoms with E-state index in [1.165, 1.54) is 14.0 Å².